The Balaban J connectivity index is 1.74. The highest BCUT2D eigenvalue weighted by molar-refractivity contribution is 5.88. The molecule has 31 heavy (non-hydrogen) atoms. The van der Waals surface area contributed by atoms with Gasteiger partial charge in [0.2, 0.25) is 5.91 Å². The average Bonchev–Trinajstić information content (AvgIpc) is 3.09. The van der Waals surface area contributed by atoms with Crippen LogP contribution in [0, 0.1) is 5.92 Å². The smallest absolute Gasteiger partial charge is 0.302 e. The van der Waals surface area contributed by atoms with Crippen molar-refractivity contribution in [2.75, 3.05) is 6.61 Å². The highest BCUT2D eigenvalue weighted by atomic mass is 16.7. The van der Waals surface area contributed by atoms with E-state index in [1.165, 1.54) is 6.92 Å². The van der Waals surface area contributed by atoms with Gasteiger partial charge in [0.05, 0.1) is 24.6 Å². The number of likely N-dealkylation sites (tertiary alicyclic amines) is 1. The maximum absolute atomic E-state index is 13.5. The second kappa shape index (κ2) is 8.44. The molecule has 4 atom stereocenters. The fraction of sp³-hybridized carbons (Fsp3) is 0.440. The number of benzene rings is 2. The van der Waals surface area contributed by atoms with Crippen molar-refractivity contribution in [2.24, 2.45) is 5.92 Å². The van der Waals surface area contributed by atoms with E-state index in [0.29, 0.717) is 6.61 Å². The number of carbonyl (C=O) groups is 2. The van der Waals surface area contributed by atoms with Crippen molar-refractivity contribution in [1.29, 1.82) is 0 Å². The van der Waals surface area contributed by atoms with E-state index in [0.717, 1.165) is 11.1 Å². The topological polar surface area (TPSA) is 65.1 Å². The summed E-state index contributed by atoms with van der Waals surface area (Å²) in [7, 11) is 0. The number of ether oxygens (including phenoxy) is 3. The summed E-state index contributed by atoms with van der Waals surface area (Å²) in [4.78, 5) is 27.0. The van der Waals surface area contributed by atoms with Gasteiger partial charge in [0.1, 0.15) is 12.2 Å². The largest absolute Gasteiger partial charge is 0.462 e. The molecule has 2 saturated heterocycles. The summed E-state index contributed by atoms with van der Waals surface area (Å²) in [6.45, 7) is 7.25. The molecular weight excluding hydrogens is 394 g/mol. The predicted octanol–water partition coefficient (Wildman–Crippen LogP) is 3.71. The van der Waals surface area contributed by atoms with E-state index in [4.69, 9.17) is 14.2 Å². The Morgan fingerprint density at radius 3 is 2.06 bits per heavy atom. The molecule has 6 nitrogen and oxygen atoms in total. The number of nitrogens with zero attached hydrogens (tertiary/aromatic N) is 1. The zero-order valence-electron chi connectivity index (χ0n) is 18.4. The van der Waals surface area contributed by atoms with Crippen molar-refractivity contribution in [3.05, 3.63) is 71.8 Å². The molecule has 0 radical (unpaired) electrons. The van der Waals surface area contributed by atoms with Crippen molar-refractivity contribution in [3.8, 4) is 0 Å². The number of esters is 1. The molecule has 0 N–H and O–H groups in total. The third-order valence-corrected chi connectivity index (χ3v) is 6.01. The van der Waals surface area contributed by atoms with Gasteiger partial charge in [0, 0.05) is 6.92 Å². The Bertz CT molecular complexity index is 890. The van der Waals surface area contributed by atoms with E-state index in [1.807, 2.05) is 79.4 Å². The van der Waals surface area contributed by atoms with Crippen molar-refractivity contribution < 1.29 is 23.8 Å². The molecule has 164 valence electrons. The zero-order valence-corrected chi connectivity index (χ0v) is 18.4. The van der Waals surface area contributed by atoms with Gasteiger partial charge in [-0.2, -0.15) is 0 Å². The second-order valence-corrected chi connectivity index (χ2v) is 8.67. The molecule has 2 aromatic rings. The lowest BCUT2D eigenvalue weighted by Crippen LogP contribution is -2.69. The first-order valence-electron chi connectivity index (χ1n) is 10.7. The van der Waals surface area contributed by atoms with Crippen LogP contribution < -0.4 is 0 Å². The molecule has 0 saturated carbocycles. The molecule has 0 spiro atoms. The van der Waals surface area contributed by atoms with Gasteiger partial charge in [-0.1, -0.05) is 60.7 Å². The summed E-state index contributed by atoms with van der Waals surface area (Å²) in [6, 6.07) is 19.4. The van der Waals surface area contributed by atoms with Crippen molar-refractivity contribution in [3.63, 3.8) is 0 Å². The molecule has 6 heteroatoms. The summed E-state index contributed by atoms with van der Waals surface area (Å²) in [6.07, 6.45) is -0.864. The van der Waals surface area contributed by atoms with E-state index >= 15 is 0 Å². The van der Waals surface area contributed by atoms with E-state index in [9.17, 15) is 9.59 Å². The fourth-order valence-electron chi connectivity index (χ4n) is 4.75. The lowest BCUT2D eigenvalue weighted by Gasteiger charge is -2.54. The number of hydrogen-bond acceptors (Lipinski definition) is 5. The quantitative estimate of drug-likeness (QED) is 0.524. The minimum absolute atomic E-state index is 0.0511. The van der Waals surface area contributed by atoms with Gasteiger partial charge < -0.3 is 19.1 Å². The second-order valence-electron chi connectivity index (χ2n) is 8.67. The van der Waals surface area contributed by atoms with Crippen LogP contribution in [0.1, 0.15) is 44.9 Å². The van der Waals surface area contributed by atoms with Gasteiger partial charge >= 0.3 is 5.97 Å². The Hall–Kier alpha value is -2.70. The van der Waals surface area contributed by atoms with Crippen LogP contribution in [-0.2, 0) is 23.8 Å². The third-order valence-electron chi connectivity index (χ3n) is 6.01. The van der Waals surface area contributed by atoms with E-state index in [1.54, 1.807) is 6.92 Å². The van der Waals surface area contributed by atoms with E-state index < -0.39 is 23.8 Å². The maximum atomic E-state index is 13.5. The minimum Gasteiger partial charge on any atom is -0.462 e. The fourth-order valence-corrected chi connectivity index (χ4v) is 4.75. The van der Waals surface area contributed by atoms with Gasteiger partial charge in [-0.15, -0.1) is 0 Å². The van der Waals surface area contributed by atoms with Crippen molar-refractivity contribution in [2.45, 2.75) is 57.8 Å². The molecule has 0 aliphatic carbocycles. The zero-order chi connectivity index (χ0) is 22.2. The van der Waals surface area contributed by atoms with Crippen LogP contribution in [0.25, 0.3) is 0 Å². The Kier molecular flexibility index (Phi) is 5.86. The average molecular weight is 424 g/mol. The number of rotatable bonds is 6. The highest BCUT2D eigenvalue weighted by Gasteiger charge is 2.59. The van der Waals surface area contributed by atoms with Crippen LogP contribution in [0.15, 0.2) is 60.7 Å². The third kappa shape index (κ3) is 4.23. The lowest BCUT2D eigenvalue weighted by atomic mass is 9.77. The molecule has 4 rings (SSSR count). The Morgan fingerprint density at radius 2 is 1.61 bits per heavy atom. The molecule has 0 aromatic heterocycles. The summed E-state index contributed by atoms with van der Waals surface area (Å²) in [5.74, 6) is -1.66. The van der Waals surface area contributed by atoms with Gasteiger partial charge in [-0.3, -0.25) is 9.59 Å². The Morgan fingerprint density at radius 1 is 1.06 bits per heavy atom. The molecular formula is C25H29NO5. The lowest BCUT2D eigenvalue weighted by molar-refractivity contribution is -0.195. The first kappa shape index (κ1) is 21.5. The molecule has 2 aliphatic heterocycles. The number of hydrogen-bond donors (Lipinski definition) is 0. The molecule has 2 fully saturated rings. The molecule has 2 aromatic carbocycles. The number of β-lactam (4-membered cyclic amide) rings is 1. The van der Waals surface area contributed by atoms with Gasteiger partial charge in [0.25, 0.3) is 0 Å². The molecule has 0 unspecified atom stereocenters. The predicted molar refractivity (Wildman–Crippen MR) is 115 cm³/mol. The number of amides is 1. The molecule has 0 bridgehead atoms. The SMILES string of the molecule is CC(=O)O[C@H](C)[C@H]1C(=O)N(C(c2ccccc2)c2ccccc2)[C@@H]1[C@@H]1COC(C)(C)O1. The van der Waals surface area contributed by atoms with E-state index in [-0.39, 0.29) is 24.1 Å². The van der Waals surface area contributed by atoms with Crippen LogP contribution in [0.2, 0.25) is 0 Å². The van der Waals surface area contributed by atoms with Crippen molar-refractivity contribution >= 4 is 11.9 Å². The van der Waals surface area contributed by atoms with Crippen LogP contribution in [-0.4, -0.2) is 47.4 Å². The van der Waals surface area contributed by atoms with Gasteiger partial charge in [-0.25, -0.2) is 0 Å². The van der Waals surface area contributed by atoms with Crippen LogP contribution in [0.5, 0.6) is 0 Å². The summed E-state index contributed by atoms with van der Waals surface area (Å²) >= 11 is 0. The van der Waals surface area contributed by atoms with Crippen LogP contribution in [0.3, 0.4) is 0 Å². The standard InChI is InChI=1S/C25H29NO5/c1-16(30-17(2)27)21-23(20-15-29-25(3,4)31-20)26(24(21)28)22(18-11-7-5-8-12-18)19-13-9-6-10-14-19/h5-14,16,20-23H,15H2,1-4H3/t16-,20+,21-,23-/m1/s1. The van der Waals surface area contributed by atoms with Crippen molar-refractivity contribution in [1.82, 2.24) is 4.90 Å². The molecule has 2 aliphatic rings. The molecule has 2 heterocycles. The maximum Gasteiger partial charge on any atom is 0.302 e. The van der Waals surface area contributed by atoms with Gasteiger partial charge in [0.15, 0.2) is 5.79 Å². The highest BCUT2D eigenvalue weighted by Crippen LogP contribution is 2.45. The summed E-state index contributed by atoms with van der Waals surface area (Å²) in [5, 5.41) is 0. The first-order valence-corrected chi connectivity index (χ1v) is 10.7. The minimum atomic E-state index is -0.723. The Labute approximate surface area is 183 Å². The van der Waals surface area contributed by atoms with E-state index in [2.05, 4.69) is 0 Å². The first-order chi connectivity index (χ1) is 14.8. The summed E-state index contributed by atoms with van der Waals surface area (Å²) < 4.78 is 17.4. The molecule has 1 amide bonds. The van der Waals surface area contributed by atoms with Crippen LogP contribution >= 0.6 is 0 Å². The normalized spacial score (nSPS) is 25.9. The monoisotopic (exact) mass is 423 g/mol. The number of carbonyl (C=O) groups excluding carboxylic acids is 2. The summed E-state index contributed by atoms with van der Waals surface area (Å²) in [5.41, 5.74) is 2.03. The van der Waals surface area contributed by atoms with Gasteiger partial charge in [-0.05, 0) is 31.9 Å². The van der Waals surface area contributed by atoms with Crippen LogP contribution in [0.4, 0.5) is 0 Å².